The van der Waals surface area contributed by atoms with Gasteiger partial charge in [0.2, 0.25) is 5.95 Å². The zero-order valence-corrected chi connectivity index (χ0v) is 18.1. The van der Waals surface area contributed by atoms with Crippen molar-refractivity contribution in [2.75, 3.05) is 5.32 Å². The van der Waals surface area contributed by atoms with Gasteiger partial charge in [0.25, 0.3) is 11.5 Å². The molecule has 0 unspecified atom stereocenters. The van der Waals surface area contributed by atoms with Gasteiger partial charge in [-0.2, -0.15) is 9.78 Å². The summed E-state index contributed by atoms with van der Waals surface area (Å²) in [6, 6.07) is 13.9. The van der Waals surface area contributed by atoms with E-state index in [0.717, 1.165) is 4.88 Å². The average Bonchev–Trinajstić information content (AvgIpc) is 3.37. The first kappa shape index (κ1) is 20.5. The van der Waals surface area contributed by atoms with Gasteiger partial charge in [-0.15, -0.1) is 11.3 Å². The van der Waals surface area contributed by atoms with E-state index in [0.29, 0.717) is 28.5 Å². The lowest BCUT2D eigenvalue weighted by atomic mass is 10.2. The van der Waals surface area contributed by atoms with E-state index in [1.807, 2.05) is 31.4 Å². The number of benzene rings is 1. The lowest BCUT2D eigenvalue weighted by Gasteiger charge is -2.11. The number of amides is 1. The minimum Gasteiger partial charge on any atom is -0.491 e. The predicted octanol–water partition coefficient (Wildman–Crippen LogP) is 4.03. The minimum absolute atomic E-state index is 0.0497. The van der Waals surface area contributed by atoms with Crippen LogP contribution in [0.3, 0.4) is 0 Å². The molecule has 9 heteroatoms. The molecule has 2 N–H and O–H groups in total. The molecule has 0 saturated carbocycles. The zero-order chi connectivity index (χ0) is 22.0. The van der Waals surface area contributed by atoms with Crippen LogP contribution in [0.4, 0.5) is 5.82 Å². The van der Waals surface area contributed by atoms with Crippen LogP contribution >= 0.6 is 11.3 Å². The van der Waals surface area contributed by atoms with Gasteiger partial charge in [-0.1, -0.05) is 6.07 Å². The first-order valence-electron chi connectivity index (χ1n) is 9.69. The van der Waals surface area contributed by atoms with Crippen molar-refractivity contribution in [1.29, 1.82) is 0 Å². The normalized spacial score (nSPS) is 11.0. The van der Waals surface area contributed by atoms with Crippen molar-refractivity contribution in [1.82, 2.24) is 19.7 Å². The number of aryl methyl sites for hydroxylation is 1. The van der Waals surface area contributed by atoms with Crippen molar-refractivity contribution < 1.29 is 9.53 Å². The summed E-state index contributed by atoms with van der Waals surface area (Å²) < 4.78 is 7.05. The van der Waals surface area contributed by atoms with E-state index < -0.39 is 0 Å². The number of thiophene rings is 1. The Balaban J connectivity index is 1.68. The first-order chi connectivity index (χ1) is 14.9. The molecule has 0 spiro atoms. The van der Waals surface area contributed by atoms with E-state index in [1.165, 1.54) is 22.1 Å². The van der Waals surface area contributed by atoms with Gasteiger partial charge in [0.05, 0.1) is 11.0 Å². The summed E-state index contributed by atoms with van der Waals surface area (Å²) in [5, 5.41) is 9.37. The smallest absolute Gasteiger partial charge is 0.256 e. The largest absolute Gasteiger partial charge is 0.491 e. The number of hydrogen-bond acceptors (Lipinski definition) is 6. The molecule has 8 nitrogen and oxygen atoms in total. The second-order valence-electron chi connectivity index (χ2n) is 7.16. The Labute approximate surface area is 182 Å². The van der Waals surface area contributed by atoms with Gasteiger partial charge in [0.1, 0.15) is 17.3 Å². The van der Waals surface area contributed by atoms with Crippen molar-refractivity contribution in [3.05, 3.63) is 75.5 Å². The standard InChI is InChI=1S/C22H21N5O3S/c1-13(2)30-16-8-6-15(7-9-16)21(29)24-19-12-17(18-5-4-10-31-18)26-27(19)22-23-14(3)11-20(28)25-22/h4-13H,1-3H3,(H,24,29)(H,23,25,28). The number of carbonyl (C=O) groups is 1. The molecular weight excluding hydrogens is 414 g/mol. The molecule has 1 aromatic carbocycles. The molecule has 0 fully saturated rings. The van der Waals surface area contributed by atoms with Crippen molar-refractivity contribution >= 4 is 23.1 Å². The number of carbonyl (C=O) groups excluding carboxylic acids is 1. The average molecular weight is 436 g/mol. The summed E-state index contributed by atoms with van der Waals surface area (Å²) in [4.78, 5) is 32.8. The third-order valence-electron chi connectivity index (χ3n) is 4.27. The summed E-state index contributed by atoms with van der Waals surface area (Å²) >= 11 is 1.53. The highest BCUT2D eigenvalue weighted by atomic mass is 32.1. The number of rotatable bonds is 6. The zero-order valence-electron chi connectivity index (χ0n) is 17.2. The molecule has 0 radical (unpaired) electrons. The van der Waals surface area contributed by atoms with E-state index in [2.05, 4.69) is 20.4 Å². The maximum absolute atomic E-state index is 12.9. The molecule has 0 aliphatic heterocycles. The highest BCUT2D eigenvalue weighted by molar-refractivity contribution is 7.13. The van der Waals surface area contributed by atoms with Crippen LogP contribution in [0.5, 0.6) is 5.75 Å². The molecule has 0 saturated heterocycles. The number of nitrogens with zero attached hydrogens (tertiary/aromatic N) is 3. The van der Waals surface area contributed by atoms with Crippen molar-refractivity contribution in [3.63, 3.8) is 0 Å². The Bertz CT molecular complexity index is 1260. The van der Waals surface area contributed by atoms with Gasteiger partial charge in [0, 0.05) is 23.4 Å². The molecule has 0 aliphatic rings. The summed E-state index contributed by atoms with van der Waals surface area (Å²) in [5.41, 5.74) is 1.38. The van der Waals surface area contributed by atoms with E-state index in [9.17, 15) is 9.59 Å². The van der Waals surface area contributed by atoms with Crippen LogP contribution in [0.2, 0.25) is 0 Å². The van der Waals surface area contributed by atoms with E-state index in [4.69, 9.17) is 4.74 Å². The fourth-order valence-corrected chi connectivity index (χ4v) is 3.67. The molecule has 0 bridgehead atoms. The molecule has 0 aliphatic carbocycles. The molecule has 3 heterocycles. The second-order valence-corrected chi connectivity index (χ2v) is 8.11. The summed E-state index contributed by atoms with van der Waals surface area (Å²) in [6.07, 6.45) is 0.0497. The molecule has 3 aromatic heterocycles. The van der Waals surface area contributed by atoms with Crippen LogP contribution in [0.25, 0.3) is 16.5 Å². The monoisotopic (exact) mass is 435 g/mol. The summed E-state index contributed by atoms with van der Waals surface area (Å²) in [7, 11) is 0. The number of aromatic nitrogens is 4. The molecule has 1 amide bonds. The highest BCUT2D eigenvalue weighted by Crippen LogP contribution is 2.27. The molecular formula is C22H21N5O3S. The second kappa shape index (κ2) is 8.57. The van der Waals surface area contributed by atoms with Crippen molar-refractivity contribution in [3.8, 4) is 22.3 Å². The topological polar surface area (TPSA) is 102 Å². The van der Waals surface area contributed by atoms with E-state index in [1.54, 1.807) is 37.3 Å². The Kier molecular flexibility index (Phi) is 5.68. The Morgan fingerprint density at radius 1 is 1.19 bits per heavy atom. The van der Waals surface area contributed by atoms with Crippen LogP contribution in [0, 0.1) is 6.92 Å². The third-order valence-corrected chi connectivity index (χ3v) is 5.16. The Morgan fingerprint density at radius 3 is 2.61 bits per heavy atom. The quantitative estimate of drug-likeness (QED) is 0.476. The van der Waals surface area contributed by atoms with Gasteiger partial charge in [-0.05, 0) is 56.5 Å². The summed E-state index contributed by atoms with van der Waals surface area (Å²) in [6.45, 7) is 5.61. The fourth-order valence-electron chi connectivity index (χ4n) is 2.99. The number of ether oxygens (including phenoxy) is 1. The minimum atomic E-state index is -0.315. The number of aromatic amines is 1. The fraction of sp³-hybridized carbons (Fsp3) is 0.182. The Morgan fingerprint density at radius 2 is 1.97 bits per heavy atom. The van der Waals surface area contributed by atoms with E-state index >= 15 is 0 Å². The van der Waals surface area contributed by atoms with Crippen molar-refractivity contribution in [2.45, 2.75) is 26.9 Å². The lowest BCUT2D eigenvalue weighted by Crippen LogP contribution is -2.19. The van der Waals surface area contributed by atoms with Gasteiger partial charge in [0.15, 0.2) is 0 Å². The van der Waals surface area contributed by atoms with Crippen LogP contribution in [0.1, 0.15) is 29.9 Å². The lowest BCUT2D eigenvalue weighted by molar-refractivity contribution is 0.102. The molecule has 0 atom stereocenters. The van der Waals surface area contributed by atoms with Gasteiger partial charge in [-0.25, -0.2) is 4.98 Å². The Hall–Kier alpha value is -3.72. The number of anilines is 1. The molecule has 4 rings (SSSR count). The van der Waals surface area contributed by atoms with E-state index in [-0.39, 0.29) is 23.5 Å². The molecule has 4 aromatic rings. The number of nitrogens with one attached hydrogen (secondary N) is 2. The summed E-state index contributed by atoms with van der Waals surface area (Å²) in [5.74, 6) is 0.997. The van der Waals surface area contributed by atoms with Crippen LogP contribution in [0.15, 0.2) is 58.7 Å². The van der Waals surface area contributed by atoms with Crippen LogP contribution in [-0.2, 0) is 0 Å². The van der Waals surface area contributed by atoms with Gasteiger partial charge < -0.3 is 10.1 Å². The predicted molar refractivity (Wildman–Crippen MR) is 120 cm³/mol. The first-order valence-corrected chi connectivity index (χ1v) is 10.6. The van der Waals surface area contributed by atoms with Crippen molar-refractivity contribution in [2.24, 2.45) is 0 Å². The SMILES string of the molecule is Cc1cc(=O)[nH]c(-n2nc(-c3cccs3)cc2NC(=O)c2ccc(OC(C)C)cc2)n1. The number of H-pyrrole nitrogens is 1. The maximum Gasteiger partial charge on any atom is 0.256 e. The molecule has 158 valence electrons. The van der Waals surface area contributed by atoms with Crippen LogP contribution < -0.4 is 15.6 Å². The van der Waals surface area contributed by atoms with Crippen LogP contribution in [-0.4, -0.2) is 31.8 Å². The number of hydrogen-bond donors (Lipinski definition) is 2. The van der Waals surface area contributed by atoms with Gasteiger partial charge in [-0.3, -0.25) is 14.6 Å². The maximum atomic E-state index is 12.9. The highest BCUT2D eigenvalue weighted by Gasteiger charge is 2.17. The third kappa shape index (κ3) is 4.72. The molecule has 31 heavy (non-hydrogen) atoms. The van der Waals surface area contributed by atoms with Gasteiger partial charge >= 0.3 is 0 Å².